The number of rotatable bonds is 6. The van der Waals surface area contributed by atoms with Crippen LogP contribution in [0.2, 0.25) is 0 Å². The first-order valence-corrected chi connectivity index (χ1v) is 8.03. The van der Waals surface area contributed by atoms with Crippen LogP contribution in [-0.2, 0) is 18.4 Å². The van der Waals surface area contributed by atoms with E-state index in [1.807, 2.05) is 34.7 Å². The van der Waals surface area contributed by atoms with E-state index in [0.29, 0.717) is 18.3 Å². The number of nitrogens with zero attached hydrogens (tertiary/aromatic N) is 4. The highest BCUT2D eigenvalue weighted by Crippen LogP contribution is 2.29. The van der Waals surface area contributed by atoms with Gasteiger partial charge in [-0.2, -0.15) is 0 Å². The fraction of sp³-hybridized carbons (Fsp3) is 0.400. The molecule has 6 heteroatoms. The number of carbonyl (C=O) groups is 1. The molecule has 1 aromatic carbocycles. The Labute approximate surface area is 128 Å². The van der Waals surface area contributed by atoms with Crippen molar-refractivity contribution < 1.29 is 4.79 Å². The van der Waals surface area contributed by atoms with Crippen molar-refractivity contribution in [2.45, 2.75) is 30.6 Å². The van der Waals surface area contributed by atoms with E-state index in [9.17, 15) is 4.79 Å². The fourth-order valence-corrected chi connectivity index (χ4v) is 2.97. The quantitative estimate of drug-likeness (QED) is 0.767. The molecule has 3 rings (SSSR count). The minimum absolute atomic E-state index is 0.175. The standard InChI is InChI=1S/C15H18N4OS/c1-18-11-16-17-15(18)21-10-14(20)19(13-7-8-13)9-12-5-3-2-4-6-12/h2-6,11,13H,7-10H2,1H3. The average Bonchev–Trinajstić information content (AvgIpc) is 3.26. The summed E-state index contributed by atoms with van der Waals surface area (Å²) in [5, 5.41) is 8.60. The number of amides is 1. The molecule has 0 radical (unpaired) electrons. The molecule has 0 unspecified atom stereocenters. The van der Waals surface area contributed by atoms with Crippen LogP contribution in [0, 0.1) is 0 Å². The summed E-state index contributed by atoms with van der Waals surface area (Å²) in [5.74, 6) is 0.588. The van der Waals surface area contributed by atoms with E-state index in [2.05, 4.69) is 22.3 Å². The zero-order valence-corrected chi connectivity index (χ0v) is 12.8. The molecule has 1 fully saturated rings. The summed E-state index contributed by atoms with van der Waals surface area (Å²) in [5.41, 5.74) is 1.18. The molecule has 0 atom stereocenters. The van der Waals surface area contributed by atoms with Gasteiger partial charge in [0.15, 0.2) is 5.16 Å². The molecule has 1 saturated carbocycles. The summed E-state index contributed by atoms with van der Waals surface area (Å²) >= 11 is 1.44. The van der Waals surface area contributed by atoms with Crippen molar-refractivity contribution in [2.75, 3.05) is 5.75 Å². The average molecular weight is 302 g/mol. The highest BCUT2D eigenvalue weighted by molar-refractivity contribution is 7.99. The first kappa shape index (κ1) is 14.1. The number of benzene rings is 1. The number of carbonyl (C=O) groups excluding carboxylic acids is 1. The Balaban J connectivity index is 1.61. The summed E-state index contributed by atoms with van der Waals surface area (Å²) in [6.07, 6.45) is 3.88. The van der Waals surface area contributed by atoms with E-state index >= 15 is 0 Å². The molecule has 5 nitrogen and oxygen atoms in total. The molecule has 110 valence electrons. The summed E-state index contributed by atoms with van der Waals surface area (Å²) < 4.78 is 1.83. The van der Waals surface area contributed by atoms with Crippen molar-refractivity contribution in [3.63, 3.8) is 0 Å². The van der Waals surface area contributed by atoms with Crippen molar-refractivity contribution in [2.24, 2.45) is 7.05 Å². The molecule has 21 heavy (non-hydrogen) atoms. The zero-order chi connectivity index (χ0) is 14.7. The van der Waals surface area contributed by atoms with Gasteiger partial charge in [-0.15, -0.1) is 10.2 Å². The topological polar surface area (TPSA) is 51.0 Å². The number of hydrogen-bond donors (Lipinski definition) is 0. The number of thioether (sulfide) groups is 1. The molecular formula is C15H18N4OS. The fourth-order valence-electron chi connectivity index (χ4n) is 2.20. The van der Waals surface area contributed by atoms with E-state index in [1.54, 1.807) is 6.33 Å². The summed E-state index contributed by atoms with van der Waals surface area (Å²) in [6, 6.07) is 10.6. The highest BCUT2D eigenvalue weighted by Gasteiger charge is 2.32. The van der Waals surface area contributed by atoms with Gasteiger partial charge in [-0.3, -0.25) is 4.79 Å². The van der Waals surface area contributed by atoms with Gasteiger partial charge in [-0.05, 0) is 18.4 Å². The molecule has 0 N–H and O–H groups in total. The van der Waals surface area contributed by atoms with Crippen LogP contribution in [0.5, 0.6) is 0 Å². The van der Waals surface area contributed by atoms with Gasteiger partial charge in [0.05, 0.1) is 5.75 Å². The van der Waals surface area contributed by atoms with Crippen molar-refractivity contribution in [1.29, 1.82) is 0 Å². The smallest absolute Gasteiger partial charge is 0.233 e. The molecule has 0 saturated heterocycles. The van der Waals surface area contributed by atoms with E-state index in [0.717, 1.165) is 18.0 Å². The first-order valence-electron chi connectivity index (χ1n) is 7.04. The predicted octanol–water partition coefficient (Wildman–Crippen LogP) is 2.10. The minimum Gasteiger partial charge on any atom is -0.335 e. The zero-order valence-electron chi connectivity index (χ0n) is 12.0. The third kappa shape index (κ3) is 3.64. The third-order valence-electron chi connectivity index (χ3n) is 3.50. The molecular weight excluding hydrogens is 284 g/mol. The van der Waals surface area contributed by atoms with Gasteiger partial charge in [-0.1, -0.05) is 42.1 Å². The monoisotopic (exact) mass is 302 g/mol. The summed E-state index contributed by atoms with van der Waals surface area (Å²) in [6.45, 7) is 0.698. The van der Waals surface area contributed by atoms with Gasteiger partial charge >= 0.3 is 0 Å². The van der Waals surface area contributed by atoms with Crippen LogP contribution in [0.1, 0.15) is 18.4 Å². The second-order valence-corrected chi connectivity index (χ2v) is 6.19. The Morgan fingerprint density at radius 1 is 1.38 bits per heavy atom. The van der Waals surface area contributed by atoms with Crippen LogP contribution in [0.4, 0.5) is 0 Å². The van der Waals surface area contributed by atoms with E-state index in [-0.39, 0.29) is 5.91 Å². The van der Waals surface area contributed by atoms with Crippen molar-refractivity contribution in [1.82, 2.24) is 19.7 Å². The van der Waals surface area contributed by atoms with E-state index < -0.39 is 0 Å². The van der Waals surface area contributed by atoms with Crippen LogP contribution < -0.4 is 0 Å². The lowest BCUT2D eigenvalue weighted by Crippen LogP contribution is -2.34. The number of hydrogen-bond acceptors (Lipinski definition) is 4. The molecule has 0 aliphatic heterocycles. The van der Waals surface area contributed by atoms with Gasteiger partial charge in [0, 0.05) is 19.6 Å². The second kappa shape index (κ2) is 6.30. The molecule has 1 heterocycles. The van der Waals surface area contributed by atoms with E-state index in [4.69, 9.17) is 0 Å². The molecule has 1 aromatic heterocycles. The molecule has 0 bridgehead atoms. The largest absolute Gasteiger partial charge is 0.335 e. The van der Waals surface area contributed by atoms with Gasteiger partial charge in [-0.25, -0.2) is 0 Å². The predicted molar refractivity (Wildman–Crippen MR) is 81.7 cm³/mol. The van der Waals surface area contributed by atoms with Crippen molar-refractivity contribution >= 4 is 17.7 Å². The van der Waals surface area contributed by atoms with Gasteiger partial charge in [0.1, 0.15) is 6.33 Å². The van der Waals surface area contributed by atoms with Crippen LogP contribution in [0.15, 0.2) is 41.8 Å². The van der Waals surface area contributed by atoms with Crippen LogP contribution in [-0.4, -0.2) is 37.4 Å². The third-order valence-corrected chi connectivity index (χ3v) is 4.52. The molecule has 1 amide bonds. The lowest BCUT2D eigenvalue weighted by atomic mass is 10.2. The lowest BCUT2D eigenvalue weighted by molar-refractivity contribution is -0.129. The minimum atomic E-state index is 0.175. The number of aryl methyl sites for hydroxylation is 1. The summed E-state index contributed by atoms with van der Waals surface area (Å²) in [7, 11) is 1.88. The molecule has 1 aliphatic carbocycles. The van der Waals surface area contributed by atoms with E-state index in [1.165, 1.54) is 17.3 Å². The highest BCUT2D eigenvalue weighted by atomic mass is 32.2. The van der Waals surface area contributed by atoms with Gasteiger partial charge in [0.2, 0.25) is 5.91 Å². The van der Waals surface area contributed by atoms with Gasteiger partial charge in [0.25, 0.3) is 0 Å². The van der Waals surface area contributed by atoms with Crippen LogP contribution in [0.3, 0.4) is 0 Å². The van der Waals surface area contributed by atoms with Crippen molar-refractivity contribution in [3.05, 3.63) is 42.2 Å². The normalized spacial score (nSPS) is 14.1. The summed E-state index contributed by atoms with van der Waals surface area (Å²) in [4.78, 5) is 14.5. The lowest BCUT2D eigenvalue weighted by Gasteiger charge is -2.22. The Morgan fingerprint density at radius 3 is 2.76 bits per heavy atom. The van der Waals surface area contributed by atoms with Gasteiger partial charge < -0.3 is 9.47 Å². The maximum absolute atomic E-state index is 12.5. The van der Waals surface area contributed by atoms with Crippen LogP contribution >= 0.6 is 11.8 Å². The Kier molecular flexibility index (Phi) is 4.24. The first-order chi connectivity index (χ1) is 10.2. The number of aromatic nitrogens is 3. The maximum Gasteiger partial charge on any atom is 0.233 e. The second-order valence-electron chi connectivity index (χ2n) is 5.25. The van der Waals surface area contributed by atoms with Crippen LogP contribution in [0.25, 0.3) is 0 Å². The Bertz CT molecular complexity index is 609. The SMILES string of the molecule is Cn1cnnc1SCC(=O)N(Cc1ccccc1)C1CC1. The molecule has 0 spiro atoms. The Hall–Kier alpha value is -1.82. The molecule has 1 aliphatic rings. The molecule has 2 aromatic rings. The maximum atomic E-state index is 12.5. The Morgan fingerprint density at radius 2 is 2.14 bits per heavy atom. The van der Waals surface area contributed by atoms with Crippen molar-refractivity contribution in [3.8, 4) is 0 Å².